The molecule has 4 nitrogen and oxygen atoms in total. The van der Waals surface area contributed by atoms with Crippen LogP contribution in [-0.2, 0) is 11.3 Å². The third-order valence-corrected chi connectivity index (χ3v) is 5.75. The predicted molar refractivity (Wildman–Crippen MR) is 105 cm³/mol. The number of methoxy groups -OCH3 is 1. The average molecular weight is 389 g/mol. The van der Waals surface area contributed by atoms with Crippen LogP contribution >= 0.6 is 11.8 Å². The molecule has 1 saturated heterocycles. The van der Waals surface area contributed by atoms with E-state index in [1.54, 1.807) is 35.8 Å². The summed E-state index contributed by atoms with van der Waals surface area (Å²) in [4.78, 5) is 15.5. The maximum absolute atomic E-state index is 13.9. The van der Waals surface area contributed by atoms with Crippen molar-refractivity contribution >= 4 is 17.7 Å². The minimum Gasteiger partial charge on any atom is -0.494 e. The molecule has 3 rings (SSSR count). The number of carbonyl (C=O) groups is 1. The Morgan fingerprint density at radius 3 is 2.85 bits per heavy atom. The normalized spacial score (nSPS) is 16.3. The summed E-state index contributed by atoms with van der Waals surface area (Å²) in [5.74, 6) is 0.533. The fourth-order valence-corrected chi connectivity index (χ4v) is 4.20. The van der Waals surface area contributed by atoms with E-state index in [0.717, 1.165) is 30.1 Å². The van der Waals surface area contributed by atoms with E-state index in [1.165, 1.54) is 13.2 Å². The molecule has 0 aliphatic carbocycles. The second-order valence-electron chi connectivity index (χ2n) is 6.57. The molecule has 0 radical (unpaired) electrons. The van der Waals surface area contributed by atoms with E-state index in [0.29, 0.717) is 17.7 Å². The summed E-state index contributed by atoms with van der Waals surface area (Å²) in [5.41, 5.74) is 1.38. The summed E-state index contributed by atoms with van der Waals surface area (Å²) in [6, 6.07) is 12.4. The monoisotopic (exact) mass is 389 g/mol. The fraction of sp³-hybridized carbons (Fsp3) is 0.381. The molecule has 1 fully saturated rings. The highest BCUT2D eigenvalue weighted by molar-refractivity contribution is 7.99. The molecule has 27 heavy (non-hydrogen) atoms. The Morgan fingerprint density at radius 1 is 1.33 bits per heavy atom. The van der Waals surface area contributed by atoms with E-state index in [1.807, 2.05) is 24.3 Å². The lowest BCUT2D eigenvalue weighted by molar-refractivity contribution is 0.0781. The summed E-state index contributed by atoms with van der Waals surface area (Å²) in [6.07, 6.45) is 2.44. The molecule has 0 N–H and O–H groups in total. The number of benzene rings is 2. The lowest BCUT2D eigenvalue weighted by Gasteiger charge is -2.20. The number of ether oxygens (including phenoxy) is 2. The van der Waals surface area contributed by atoms with Crippen LogP contribution in [0.15, 0.2) is 47.4 Å². The first kappa shape index (κ1) is 19.7. The molecule has 0 aromatic heterocycles. The molecule has 1 atom stereocenters. The second kappa shape index (κ2) is 9.24. The number of hydrogen-bond donors (Lipinski definition) is 0. The van der Waals surface area contributed by atoms with Crippen molar-refractivity contribution in [2.75, 3.05) is 26.5 Å². The van der Waals surface area contributed by atoms with Gasteiger partial charge in [0.1, 0.15) is 0 Å². The fourth-order valence-electron chi connectivity index (χ4n) is 3.09. The molecule has 1 heterocycles. The highest BCUT2D eigenvalue weighted by Gasteiger charge is 2.20. The van der Waals surface area contributed by atoms with Crippen molar-refractivity contribution in [1.29, 1.82) is 0 Å². The van der Waals surface area contributed by atoms with Gasteiger partial charge in [-0.25, -0.2) is 4.39 Å². The van der Waals surface area contributed by atoms with Gasteiger partial charge in [0, 0.05) is 30.8 Å². The maximum Gasteiger partial charge on any atom is 0.255 e. The van der Waals surface area contributed by atoms with Gasteiger partial charge in [0.05, 0.1) is 18.8 Å². The van der Waals surface area contributed by atoms with Crippen LogP contribution in [0.1, 0.15) is 28.8 Å². The Hall–Kier alpha value is -2.05. The maximum atomic E-state index is 13.9. The van der Waals surface area contributed by atoms with E-state index >= 15 is 0 Å². The van der Waals surface area contributed by atoms with E-state index in [2.05, 4.69) is 0 Å². The van der Waals surface area contributed by atoms with Crippen LogP contribution in [0.4, 0.5) is 4.39 Å². The van der Waals surface area contributed by atoms with Crippen LogP contribution in [-0.4, -0.2) is 43.4 Å². The van der Waals surface area contributed by atoms with Crippen molar-refractivity contribution in [1.82, 2.24) is 4.90 Å². The number of amides is 1. The van der Waals surface area contributed by atoms with Crippen molar-refractivity contribution < 1.29 is 18.7 Å². The molecular formula is C21H24FNO3S. The summed E-state index contributed by atoms with van der Waals surface area (Å²) >= 11 is 1.65. The lowest BCUT2D eigenvalue weighted by atomic mass is 10.1. The van der Waals surface area contributed by atoms with Gasteiger partial charge in [0.15, 0.2) is 11.6 Å². The van der Waals surface area contributed by atoms with Gasteiger partial charge in [-0.2, -0.15) is 0 Å². The molecular weight excluding hydrogens is 365 g/mol. The van der Waals surface area contributed by atoms with Crippen molar-refractivity contribution in [3.05, 3.63) is 59.4 Å². The third kappa shape index (κ3) is 5.02. The first-order chi connectivity index (χ1) is 13.1. The molecule has 6 heteroatoms. The molecule has 1 unspecified atom stereocenters. The molecule has 2 aromatic rings. The zero-order valence-electron chi connectivity index (χ0n) is 15.6. The van der Waals surface area contributed by atoms with Crippen LogP contribution in [0.2, 0.25) is 0 Å². The van der Waals surface area contributed by atoms with E-state index < -0.39 is 5.82 Å². The summed E-state index contributed by atoms with van der Waals surface area (Å²) < 4.78 is 24.5. The minimum absolute atomic E-state index is 0.0818. The van der Waals surface area contributed by atoms with Crippen LogP contribution in [0, 0.1) is 5.82 Å². The Balaban J connectivity index is 1.68. The van der Waals surface area contributed by atoms with Crippen molar-refractivity contribution in [3.63, 3.8) is 0 Å². The molecule has 0 saturated carbocycles. The molecule has 144 valence electrons. The number of carbonyl (C=O) groups excluding carboxylic acids is 1. The topological polar surface area (TPSA) is 38.8 Å². The molecule has 1 amide bonds. The number of thioether (sulfide) groups is 1. The van der Waals surface area contributed by atoms with E-state index in [4.69, 9.17) is 9.47 Å². The SMILES string of the molecule is COc1ccc(CN(C)C(=O)c2ccccc2SCC2CCCO2)cc1F. The first-order valence-electron chi connectivity index (χ1n) is 9.00. The van der Waals surface area contributed by atoms with Gasteiger partial charge in [-0.15, -0.1) is 11.8 Å². The van der Waals surface area contributed by atoms with Gasteiger partial charge < -0.3 is 14.4 Å². The standard InChI is InChI=1S/C21H24FNO3S/c1-23(13-15-9-10-19(25-2)18(22)12-15)21(24)17-7-3-4-8-20(17)27-14-16-6-5-11-26-16/h3-4,7-10,12,16H,5-6,11,13-14H2,1-2H3. The van der Waals surface area contributed by atoms with Crippen LogP contribution < -0.4 is 4.74 Å². The summed E-state index contributed by atoms with van der Waals surface area (Å²) in [7, 11) is 3.16. The van der Waals surface area contributed by atoms with Gasteiger partial charge in [-0.1, -0.05) is 18.2 Å². The Bertz CT molecular complexity index is 793. The minimum atomic E-state index is -0.427. The molecule has 0 bridgehead atoms. The van der Waals surface area contributed by atoms with Gasteiger partial charge in [-0.3, -0.25) is 4.79 Å². The second-order valence-corrected chi connectivity index (χ2v) is 7.63. The molecule has 1 aliphatic heterocycles. The van der Waals surface area contributed by atoms with E-state index in [9.17, 15) is 9.18 Å². The Morgan fingerprint density at radius 2 is 2.15 bits per heavy atom. The first-order valence-corrected chi connectivity index (χ1v) is 9.98. The highest BCUT2D eigenvalue weighted by atomic mass is 32.2. The zero-order valence-corrected chi connectivity index (χ0v) is 16.4. The van der Waals surface area contributed by atoms with Crippen LogP contribution in [0.3, 0.4) is 0 Å². The van der Waals surface area contributed by atoms with Crippen molar-refractivity contribution in [2.45, 2.75) is 30.4 Å². The number of nitrogens with zero attached hydrogens (tertiary/aromatic N) is 1. The summed E-state index contributed by atoms with van der Waals surface area (Å²) in [5, 5.41) is 0. The van der Waals surface area contributed by atoms with Crippen molar-refractivity contribution in [2.24, 2.45) is 0 Å². The van der Waals surface area contributed by atoms with Gasteiger partial charge >= 0.3 is 0 Å². The number of hydrogen-bond acceptors (Lipinski definition) is 4. The quantitative estimate of drug-likeness (QED) is 0.659. The van der Waals surface area contributed by atoms with Crippen LogP contribution in [0.25, 0.3) is 0 Å². The number of rotatable bonds is 7. The van der Waals surface area contributed by atoms with Crippen LogP contribution in [0.5, 0.6) is 5.75 Å². The van der Waals surface area contributed by atoms with Gasteiger partial charge in [0.2, 0.25) is 0 Å². The predicted octanol–water partition coefficient (Wildman–Crippen LogP) is 4.38. The smallest absolute Gasteiger partial charge is 0.255 e. The summed E-state index contributed by atoms with van der Waals surface area (Å²) in [6.45, 7) is 1.15. The Kier molecular flexibility index (Phi) is 6.74. The van der Waals surface area contributed by atoms with Gasteiger partial charge in [-0.05, 0) is 42.7 Å². The van der Waals surface area contributed by atoms with E-state index in [-0.39, 0.29) is 17.8 Å². The van der Waals surface area contributed by atoms with Gasteiger partial charge in [0.25, 0.3) is 5.91 Å². The molecule has 2 aromatic carbocycles. The van der Waals surface area contributed by atoms with Crippen molar-refractivity contribution in [3.8, 4) is 5.75 Å². The highest BCUT2D eigenvalue weighted by Crippen LogP contribution is 2.28. The largest absolute Gasteiger partial charge is 0.494 e. The molecule has 0 spiro atoms. The zero-order chi connectivity index (χ0) is 19.2. The Labute approximate surface area is 163 Å². The number of halogens is 1. The lowest BCUT2D eigenvalue weighted by Crippen LogP contribution is -2.26. The molecule has 1 aliphatic rings. The average Bonchev–Trinajstić information content (AvgIpc) is 3.20. The third-order valence-electron chi connectivity index (χ3n) is 4.55.